The Morgan fingerprint density at radius 1 is 1.56 bits per heavy atom. The molecule has 0 fully saturated rings. The van der Waals surface area contributed by atoms with Crippen molar-refractivity contribution in [1.29, 1.82) is 0 Å². The fourth-order valence-electron chi connectivity index (χ4n) is 0.952. The van der Waals surface area contributed by atoms with E-state index in [9.17, 15) is 0 Å². The summed E-state index contributed by atoms with van der Waals surface area (Å²) in [5.41, 5.74) is 0.134. The van der Waals surface area contributed by atoms with E-state index in [4.69, 9.17) is 4.74 Å². The molecule has 0 unspecified atom stereocenters. The van der Waals surface area contributed by atoms with E-state index < -0.39 is 0 Å². The number of ether oxygens (including phenoxy) is 1. The summed E-state index contributed by atoms with van der Waals surface area (Å²) in [6.07, 6.45) is 3.48. The fourth-order valence-corrected chi connectivity index (χ4v) is 0.952. The first-order valence-electron chi connectivity index (χ1n) is 3.73. The third-order valence-electron chi connectivity index (χ3n) is 2.02. The molecule has 0 aromatic carbocycles. The molecule has 0 aromatic heterocycles. The van der Waals surface area contributed by atoms with E-state index in [-0.39, 0.29) is 5.60 Å². The van der Waals surface area contributed by atoms with Crippen LogP contribution in [0.5, 0.6) is 0 Å². The van der Waals surface area contributed by atoms with Gasteiger partial charge in [0.2, 0.25) is 0 Å². The van der Waals surface area contributed by atoms with Gasteiger partial charge in [0.25, 0.3) is 0 Å². The van der Waals surface area contributed by atoms with E-state index in [1.54, 1.807) is 7.11 Å². The Morgan fingerprint density at radius 3 is 2.22 bits per heavy atom. The second-order valence-corrected chi connectivity index (χ2v) is 2.76. The van der Waals surface area contributed by atoms with Gasteiger partial charge in [-0.15, -0.1) is 0 Å². The lowest BCUT2D eigenvalue weighted by Crippen LogP contribution is -2.25. The molecule has 0 bridgehead atoms. The summed E-state index contributed by atoms with van der Waals surface area (Å²) in [6.45, 7) is 4.33. The molecule has 1 nitrogen and oxygen atoms in total. The SMILES string of the molecule is BCC[C@@](C)(CC)OC. The zero-order valence-electron chi connectivity index (χ0n) is 7.03. The number of methoxy groups -OCH3 is 1. The molecule has 0 aliphatic heterocycles. The Bertz CT molecular complexity index is 69.3. The number of hydrogen-bond acceptors (Lipinski definition) is 1. The van der Waals surface area contributed by atoms with Crippen LogP contribution in [0.4, 0.5) is 0 Å². The third kappa shape index (κ3) is 2.90. The van der Waals surface area contributed by atoms with Crippen LogP contribution < -0.4 is 0 Å². The van der Waals surface area contributed by atoms with Crippen molar-refractivity contribution in [3.8, 4) is 0 Å². The summed E-state index contributed by atoms with van der Waals surface area (Å²) in [6, 6.07) is 0. The molecule has 2 heteroatoms. The van der Waals surface area contributed by atoms with Gasteiger partial charge >= 0.3 is 0 Å². The van der Waals surface area contributed by atoms with Crippen molar-refractivity contribution >= 4 is 7.85 Å². The standard InChI is InChI=1S/C7H17BO/c1-4-7(2,9-3)5-6-8/h4-6,8H2,1-3H3/t7-/m1/s1. The second-order valence-electron chi connectivity index (χ2n) is 2.76. The Balaban J connectivity index is 3.62. The summed E-state index contributed by atoms with van der Waals surface area (Å²) in [5, 5.41) is 0. The minimum Gasteiger partial charge on any atom is -0.379 e. The van der Waals surface area contributed by atoms with Crippen molar-refractivity contribution in [2.24, 2.45) is 0 Å². The maximum atomic E-state index is 5.33. The maximum absolute atomic E-state index is 5.33. The molecule has 0 spiro atoms. The molecule has 9 heavy (non-hydrogen) atoms. The molecule has 0 aromatic rings. The van der Waals surface area contributed by atoms with Gasteiger partial charge in [0, 0.05) is 7.11 Å². The van der Waals surface area contributed by atoms with E-state index in [1.807, 2.05) is 0 Å². The largest absolute Gasteiger partial charge is 0.379 e. The van der Waals surface area contributed by atoms with Crippen LogP contribution in [0, 0.1) is 0 Å². The topological polar surface area (TPSA) is 9.23 Å². The minimum atomic E-state index is 0.134. The third-order valence-corrected chi connectivity index (χ3v) is 2.02. The molecule has 0 N–H and O–H groups in total. The average molecular weight is 128 g/mol. The lowest BCUT2D eigenvalue weighted by Gasteiger charge is -2.25. The number of rotatable bonds is 4. The maximum Gasteiger partial charge on any atom is 0.101 e. The van der Waals surface area contributed by atoms with Gasteiger partial charge in [0.15, 0.2) is 0 Å². The second kappa shape index (κ2) is 3.94. The first-order valence-corrected chi connectivity index (χ1v) is 3.73. The highest BCUT2D eigenvalue weighted by Gasteiger charge is 2.18. The Hall–Kier alpha value is 0.0249. The van der Waals surface area contributed by atoms with Gasteiger partial charge in [0.1, 0.15) is 7.85 Å². The van der Waals surface area contributed by atoms with E-state index in [0.717, 1.165) is 6.42 Å². The van der Waals surface area contributed by atoms with Crippen molar-refractivity contribution in [1.82, 2.24) is 0 Å². The van der Waals surface area contributed by atoms with Crippen LogP contribution in [0.3, 0.4) is 0 Å². The summed E-state index contributed by atoms with van der Waals surface area (Å²) in [4.78, 5) is 0. The van der Waals surface area contributed by atoms with Gasteiger partial charge in [-0.05, 0) is 19.8 Å². The van der Waals surface area contributed by atoms with Crippen LogP contribution in [0.25, 0.3) is 0 Å². The highest BCUT2D eigenvalue weighted by Crippen LogP contribution is 2.19. The van der Waals surface area contributed by atoms with Gasteiger partial charge < -0.3 is 4.74 Å². The quantitative estimate of drug-likeness (QED) is 0.517. The normalized spacial score (nSPS) is 17.2. The molecule has 0 aliphatic carbocycles. The van der Waals surface area contributed by atoms with Crippen molar-refractivity contribution < 1.29 is 4.74 Å². The molecule has 0 heterocycles. The van der Waals surface area contributed by atoms with Crippen LogP contribution in [0.15, 0.2) is 0 Å². The van der Waals surface area contributed by atoms with Gasteiger partial charge in [0.05, 0.1) is 5.60 Å². The van der Waals surface area contributed by atoms with Crippen molar-refractivity contribution in [3.63, 3.8) is 0 Å². The molecule has 0 rings (SSSR count). The van der Waals surface area contributed by atoms with Gasteiger partial charge in [-0.25, -0.2) is 0 Å². The predicted octanol–water partition coefficient (Wildman–Crippen LogP) is 1.24. The lowest BCUT2D eigenvalue weighted by atomic mass is 9.89. The highest BCUT2D eigenvalue weighted by molar-refractivity contribution is 6.08. The van der Waals surface area contributed by atoms with E-state index in [2.05, 4.69) is 21.7 Å². The molecule has 54 valence electrons. The molecule has 0 radical (unpaired) electrons. The van der Waals surface area contributed by atoms with Crippen LogP contribution >= 0.6 is 0 Å². The average Bonchev–Trinajstić information content (AvgIpc) is 1.89. The highest BCUT2D eigenvalue weighted by atomic mass is 16.5. The first-order chi connectivity index (χ1) is 4.18. The Labute approximate surface area is 59.2 Å². The summed E-state index contributed by atoms with van der Waals surface area (Å²) < 4.78 is 5.33. The van der Waals surface area contributed by atoms with E-state index >= 15 is 0 Å². The van der Waals surface area contributed by atoms with Gasteiger partial charge in [-0.3, -0.25) is 0 Å². The molecule has 0 saturated heterocycles. The van der Waals surface area contributed by atoms with E-state index in [0.29, 0.717) is 0 Å². The molecule has 1 atom stereocenters. The van der Waals surface area contributed by atoms with Gasteiger partial charge in [-0.1, -0.05) is 13.2 Å². The van der Waals surface area contributed by atoms with Crippen LogP contribution in [-0.4, -0.2) is 20.6 Å². The summed E-state index contributed by atoms with van der Waals surface area (Å²) >= 11 is 0. The van der Waals surface area contributed by atoms with Crippen molar-refractivity contribution in [3.05, 3.63) is 0 Å². The zero-order valence-corrected chi connectivity index (χ0v) is 7.03. The summed E-state index contributed by atoms with van der Waals surface area (Å²) in [5.74, 6) is 0. The summed E-state index contributed by atoms with van der Waals surface area (Å²) in [7, 11) is 3.98. The lowest BCUT2D eigenvalue weighted by molar-refractivity contribution is -0.0000226. The van der Waals surface area contributed by atoms with Crippen LogP contribution in [-0.2, 0) is 4.74 Å². The Kier molecular flexibility index (Phi) is 3.95. The Morgan fingerprint density at radius 2 is 2.11 bits per heavy atom. The molecular formula is C7H17BO. The molecular weight excluding hydrogens is 111 g/mol. The van der Waals surface area contributed by atoms with Crippen molar-refractivity contribution in [2.75, 3.05) is 7.11 Å². The zero-order chi connectivity index (χ0) is 7.33. The molecule has 0 aliphatic rings. The van der Waals surface area contributed by atoms with Crippen LogP contribution in [0.1, 0.15) is 26.7 Å². The van der Waals surface area contributed by atoms with E-state index in [1.165, 1.54) is 12.7 Å². The van der Waals surface area contributed by atoms with Crippen LogP contribution in [0.2, 0.25) is 6.32 Å². The fraction of sp³-hybridized carbons (Fsp3) is 1.00. The first kappa shape index (κ1) is 9.02. The van der Waals surface area contributed by atoms with Crippen molar-refractivity contribution in [2.45, 2.75) is 38.6 Å². The minimum absolute atomic E-state index is 0.134. The molecule has 0 saturated carbocycles. The smallest absolute Gasteiger partial charge is 0.101 e. The monoisotopic (exact) mass is 128 g/mol. The van der Waals surface area contributed by atoms with Gasteiger partial charge in [-0.2, -0.15) is 0 Å². The molecule has 0 amide bonds. The predicted molar refractivity (Wildman–Crippen MR) is 43.7 cm³/mol. The number of hydrogen-bond donors (Lipinski definition) is 0.